The molecule has 23 heavy (non-hydrogen) atoms. The lowest BCUT2D eigenvalue weighted by Gasteiger charge is -2.06. The molecular formula is C18H15N3O2. The third-order valence-electron chi connectivity index (χ3n) is 3.71. The van der Waals surface area contributed by atoms with Crippen LogP contribution in [-0.4, -0.2) is 32.7 Å². The summed E-state index contributed by atoms with van der Waals surface area (Å²) in [5.41, 5.74) is 4.03. The van der Waals surface area contributed by atoms with E-state index in [0.717, 1.165) is 27.9 Å². The van der Waals surface area contributed by atoms with E-state index in [-0.39, 0.29) is 6.61 Å². The Balaban J connectivity index is 1.75. The highest BCUT2D eigenvalue weighted by Crippen LogP contribution is 2.24. The molecule has 0 amide bonds. The summed E-state index contributed by atoms with van der Waals surface area (Å²) >= 11 is 0. The summed E-state index contributed by atoms with van der Waals surface area (Å²) < 4.78 is 7.38. The highest BCUT2D eigenvalue weighted by atomic mass is 16.5. The standard InChI is InChI=1S/C18H15N3O2/c22-9-10-23-15-7-5-13(6-8-15)14-11-19-18-20-16-3-1-2-4-17(16)21(18)12-14/h1-8,11-12,22H,9-10H2. The van der Waals surface area contributed by atoms with Crippen LogP contribution in [-0.2, 0) is 0 Å². The average molecular weight is 305 g/mol. The topological polar surface area (TPSA) is 59.7 Å². The molecule has 0 saturated carbocycles. The zero-order chi connectivity index (χ0) is 15.6. The Kier molecular flexibility index (Phi) is 3.40. The van der Waals surface area contributed by atoms with E-state index >= 15 is 0 Å². The van der Waals surface area contributed by atoms with Gasteiger partial charge < -0.3 is 9.84 Å². The van der Waals surface area contributed by atoms with E-state index in [1.807, 2.05) is 65.3 Å². The first kappa shape index (κ1) is 13.7. The number of imidazole rings is 1. The van der Waals surface area contributed by atoms with Gasteiger partial charge in [0.15, 0.2) is 0 Å². The molecule has 0 aliphatic rings. The molecule has 5 nitrogen and oxygen atoms in total. The lowest BCUT2D eigenvalue weighted by molar-refractivity contribution is 0.201. The fourth-order valence-electron chi connectivity index (χ4n) is 2.61. The van der Waals surface area contributed by atoms with Gasteiger partial charge >= 0.3 is 0 Å². The minimum atomic E-state index is 0.00996. The second-order valence-electron chi connectivity index (χ2n) is 5.21. The van der Waals surface area contributed by atoms with Gasteiger partial charge in [-0.1, -0.05) is 24.3 Å². The van der Waals surface area contributed by atoms with Crippen LogP contribution in [0.25, 0.3) is 27.9 Å². The van der Waals surface area contributed by atoms with Crippen molar-refractivity contribution in [2.75, 3.05) is 13.2 Å². The smallest absolute Gasteiger partial charge is 0.234 e. The molecular weight excluding hydrogens is 290 g/mol. The summed E-state index contributed by atoms with van der Waals surface area (Å²) in [4.78, 5) is 8.96. The van der Waals surface area contributed by atoms with E-state index in [1.165, 1.54) is 0 Å². The summed E-state index contributed by atoms with van der Waals surface area (Å²) in [5.74, 6) is 1.43. The molecule has 0 spiro atoms. The number of benzene rings is 2. The predicted octanol–water partition coefficient (Wildman–Crippen LogP) is 2.92. The molecule has 1 N–H and O–H groups in total. The number of fused-ring (bicyclic) bond motifs is 3. The molecule has 4 aromatic rings. The maximum atomic E-state index is 8.78. The largest absolute Gasteiger partial charge is 0.491 e. The van der Waals surface area contributed by atoms with E-state index in [0.29, 0.717) is 12.4 Å². The highest BCUT2D eigenvalue weighted by molar-refractivity contribution is 5.80. The minimum absolute atomic E-state index is 0.00996. The fraction of sp³-hybridized carbons (Fsp3) is 0.111. The molecule has 4 rings (SSSR count). The molecule has 0 radical (unpaired) electrons. The van der Waals surface area contributed by atoms with Gasteiger partial charge in [0.05, 0.1) is 17.6 Å². The van der Waals surface area contributed by atoms with E-state index in [1.54, 1.807) is 0 Å². The lowest BCUT2D eigenvalue weighted by atomic mass is 10.1. The van der Waals surface area contributed by atoms with Gasteiger partial charge in [0.2, 0.25) is 5.78 Å². The van der Waals surface area contributed by atoms with Crippen molar-refractivity contribution in [1.29, 1.82) is 0 Å². The van der Waals surface area contributed by atoms with Crippen LogP contribution in [0.15, 0.2) is 60.9 Å². The molecule has 0 atom stereocenters. The number of aliphatic hydroxyl groups is 1. The van der Waals surface area contributed by atoms with Gasteiger partial charge in [0.1, 0.15) is 12.4 Å². The van der Waals surface area contributed by atoms with E-state index in [2.05, 4.69) is 9.97 Å². The first-order valence-corrected chi connectivity index (χ1v) is 7.42. The average Bonchev–Trinajstić information content (AvgIpc) is 2.98. The molecule has 5 heteroatoms. The fourth-order valence-corrected chi connectivity index (χ4v) is 2.61. The van der Waals surface area contributed by atoms with E-state index in [4.69, 9.17) is 9.84 Å². The number of aromatic nitrogens is 3. The van der Waals surface area contributed by atoms with Crippen molar-refractivity contribution in [3.05, 3.63) is 60.9 Å². The summed E-state index contributed by atoms with van der Waals surface area (Å²) in [6.07, 6.45) is 3.87. The van der Waals surface area contributed by atoms with Crippen molar-refractivity contribution in [2.45, 2.75) is 0 Å². The SMILES string of the molecule is OCCOc1ccc(-c2cnc3nc4ccccc4n3c2)cc1. The predicted molar refractivity (Wildman–Crippen MR) is 88.5 cm³/mol. The van der Waals surface area contributed by atoms with Crippen molar-refractivity contribution in [3.8, 4) is 16.9 Å². The Hall–Kier alpha value is -2.92. The first-order chi connectivity index (χ1) is 11.3. The molecule has 114 valence electrons. The Morgan fingerprint density at radius 3 is 2.65 bits per heavy atom. The second kappa shape index (κ2) is 5.70. The molecule has 2 aromatic heterocycles. The molecule has 0 unspecified atom stereocenters. The number of ether oxygens (including phenoxy) is 1. The molecule has 0 bridgehead atoms. The van der Waals surface area contributed by atoms with Crippen LogP contribution in [0.3, 0.4) is 0 Å². The maximum Gasteiger partial charge on any atom is 0.234 e. The van der Waals surface area contributed by atoms with Gasteiger partial charge in [-0.3, -0.25) is 4.40 Å². The van der Waals surface area contributed by atoms with Gasteiger partial charge in [0, 0.05) is 18.0 Å². The van der Waals surface area contributed by atoms with Crippen LogP contribution in [0.4, 0.5) is 0 Å². The van der Waals surface area contributed by atoms with Crippen molar-refractivity contribution >= 4 is 16.8 Å². The molecule has 0 aliphatic carbocycles. The Bertz CT molecular complexity index is 961. The minimum Gasteiger partial charge on any atom is -0.491 e. The van der Waals surface area contributed by atoms with Crippen LogP contribution in [0.2, 0.25) is 0 Å². The van der Waals surface area contributed by atoms with E-state index in [9.17, 15) is 0 Å². The van der Waals surface area contributed by atoms with Gasteiger partial charge in [-0.05, 0) is 29.8 Å². The third kappa shape index (κ3) is 2.51. The number of rotatable bonds is 4. The number of para-hydroxylation sites is 2. The normalized spacial score (nSPS) is 11.2. The van der Waals surface area contributed by atoms with Crippen molar-refractivity contribution in [2.24, 2.45) is 0 Å². The Morgan fingerprint density at radius 1 is 1.00 bits per heavy atom. The Labute approximate surface area is 132 Å². The maximum absolute atomic E-state index is 8.78. The molecule has 2 heterocycles. The quantitative estimate of drug-likeness (QED) is 0.630. The summed E-state index contributed by atoms with van der Waals surface area (Å²) in [7, 11) is 0. The number of aliphatic hydroxyl groups excluding tert-OH is 1. The zero-order valence-corrected chi connectivity index (χ0v) is 12.4. The van der Waals surface area contributed by atoms with E-state index < -0.39 is 0 Å². The number of hydrogen-bond acceptors (Lipinski definition) is 4. The van der Waals surface area contributed by atoms with Crippen LogP contribution < -0.4 is 4.74 Å². The van der Waals surface area contributed by atoms with Crippen LogP contribution >= 0.6 is 0 Å². The Morgan fingerprint density at radius 2 is 1.83 bits per heavy atom. The van der Waals surface area contributed by atoms with Crippen LogP contribution in [0.5, 0.6) is 5.75 Å². The van der Waals surface area contributed by atoms with Gasteiger partial charge in [0.25, 0.3) is 0 Å². The number of hydrogen-bond donors (Lipinski definition) is 1. The zero-order valence-electron chi connectivity index (χ0n) is 12.4. The molecule has 0 aliphatic heterocycles. The van der Waals surface area contributed by atoms with Crippen molar-refractivity contribution in [1.82, 2.24) is 14.4 Å². The monoisotopic (exact) mass is 305 g/mol. The van der Waals surface area contributed by atoms with Gasteiger partial charge in [-0.2, -0.15) is 0 Å². The summed E-state index contributed by atoms with van der Waals surface area (Å²) in [6, 6.07) is 15.7. The molecule has 0 fully saturated rings. The van der Waals surface area contributed by atoms with Crippen molar-refractivity contribution < 1.29 is 9.84 Å². The van der Waals surface area contributed by atoms with Gasteiger partial charge in [-0.15, -0.1) is 0 Å². The molecule has 2 aromatic carbocycles. The number of nitrogens with zero attached hydrogens (tertiary/aromatic N) is 3. The van der Waals surface area contributed by atoms with Gasteiger partial charge in [-0.25, -0.2) is 9.97 Å². The second-order valence-corrected chi connectivity index (χ2v) is 5.21. The van der Waals surface area contributed by atoms with Crippen LogP contribution in [0, 0.1) is 0 Å². The third-order valence-corrected chi connectivity index (χ3v) is 3.71. The van der Waals surface area contributed by atoms with Crippen LogP contribution in [0.1, 0.15) is 0 Å². The lowest BCUT2D eigenvalue weighted by Crippen LogP contribution is -2.01. The summed E-state index contributed by atoms with van der Waals surface area (Å²) in [5, 5.41) is 8.78. The summed E-state index contributed by atoms with van der Waals surface area (Å²) in [6.45, 7) is 0.309. The highest BCUT2D eigenvalue weighted by Gasteiger charge is 2.07. The molecule has 0 saturated heterocycles. The first-order valence-electron chi connectivity index (χ1n) is 7.42. The van der Waals surface area contributed by atoms with Crippen molar-refractivity contribution in [3.63, 3.8) is 0 Å².